The van der Waals surface area contributed by atoms with Gasteiger partial charge >= 0.3 is 5.30 Å². The smallest absolute Gasteiger partial charge is 0.379 e. The van der Waals surface area contributed by atoms with Crippen molar-refractivity contribution in [1.82, 2.24) is 0 Å². The molecule has 32 valence electrons. The van der Waals surface area contributed by atoms with Crippen molar-refractivity contribution in [3.63, 3.8) is 0 Å². The molecule has 4 heteroatoms. The summed E-state index contributed by atoms with van der Waals surface area (Å²) in [5, 5.41) is 15.5. The van der Waals surface area contributed by atoms with Crippen molar-refractivity contribution in [1.29, 1.82) is 5.26 Å². The second-order valence-electron chi connectivity index (χ2n) is 0.459. The van der Waals surface area contributed by atoms with E-state index in [2.05, 4.69) is 0 Å². The van der Waals surface area contributed by atoms with Gasteiger partial charge in [0.15, 0.2) is 0 Å². The van der Waals surface area contributed by atoms with Gasteiger partial charge in [0.05, 0.1) is 11.8 Å². The van der Waals surface area contributed by atoms with Crippen LogP contribution in [0.25, 0.3) is 0 Å². The molecule has 0 unspecified atom stereocenters. The molecule has 0 aromatic rings. The van der Waals surface area contributed by atoms with Gasteiger partial charge in [0.25, 0.3) is 0 Å². The lowest BCUT2D eigenvalue weighted by molar-refractivity contribution is 0.222. The highest BCUT2D eigenvalue weighted by molar-refractivity contribution is 8.17. The Hall–Kier alpha value is -0.690. The zero-order chi connectivity index (χ0) is 4.99. The lowest BCUT2D eigenvalue weighted by Gasteiger charge is -1.68. The number of rotatable bonds is 0. The van der Waals surface area contributed by atoms with Gasteiger partial charge in [-0.3, -0.25) is 0 Å². The van der Waals surface area contributed by atoms with E-state index in [0.717, 1.165) is 0 Å². The van der Waals surface area contributed by atoms with E-state index in [4.69, 9.17) is 10.4 Å². The number of thioether (sulfide) groups is 1. The third-order valence-electron chi connectivity index (χ3n) is 0.133. The highest BCUT2D eigenvalue weighted by Gasteiger charge is 1.89. The largest absolute Gasteiger partial charge is 0.472 e. The molecular weight excluding hydrogens is 102 g/mol. The SMILES string of the molecule is N#CSC(=O)O. The Kier molecular flexibility index (Phi) is 2.25. The molecule has 0 aliphatic carbocycles. The normalized spacial score (nSPS) is 6.50. The molecule has 0 amide bonds. The Morgan fingerprint density at radius 3 is 2.50 bits per heavy atom. The molecule has 0 spiro atoms. The molecule has 0 fully saturated rings. The fraction of sp³-hybridized carbons (Fsp3) is 0. The minimum atomic E-state index is -1.16. The molecule has 0 saturated carbocycles. The Bertz CT molecular complexity index is 94.2. The number of nitrogens with zero attached hydrogens (tertiary/aromatic N) is 1. The molecule has 0 atom stereocenters. The summed E-state index contributed by atoms with van der Waals surface area (Å²) >= 11 is 0.208. The van der Waals surface area contributed by atoms with Crippen molar-refractivity contribution in [3.05, 3.63) is 0 Å². The first-order valence-electron chi connectivity index (χ1n) is 1.06. The molecule has 0 aromatic heterocycles. The molecule has 0 bridgehead atoms. The number of hydrogen-bond donors (Lipinski definition) is 1. The van der Waals surface area contributed by atoms with E-state index in [0.29, 0.717) is 0 Å². The van der Waals surface area contributed by atoms with Gasteiger partial charge in [-0.1, -0.05) is 0 Å². The van der Waals surface area contributed by atoms with Crippen LogP contribution >= 0.6 is 11.8 Å². The summed E-state index contributed by atoms with van der Waals surface area (Å²) in [4.78, 5) is 9.34. The van der Waals surface area contributed by atoms with Crippen LogP contribution in [0, 0.1) is 10.7 Å². The van der Waals surface area contributed by atoms with Crippen molar-refractivity contribution in [2.45, 2.75) is 0 Å². The molecule has 0 heterocycles. The quantitative estimate of drug-likeness (QED) is 0.462. The zero-order valence-corrected chi connectivity index (χ0v) is 3.53. The van der Waals surface area contributed by atoms with Gasteiger partial charge < -0.3 is 5.11 Å². The van der Waals surface area contributed by atoms with Gasteiger partial charge in [-0.15, -0.1) is 0 Å². The first-order chi connectivity index (χ1) is 2.77. The molecule has 6 heavy (non-hydrogen) atoms. The maximum absolute atomic E-state index is 9.34. The van der Waals surface area contributed by atoms with E-state index in [1.165, 1.54) is 5.40 Å². The lowest BCUT2D eigenvalue weighted by atomic mass is 11.6. The summed E-state index contributed by atoms with van der Waals surface area (Å²) in [5.41, 5.74) is 0. The standard InChI is InChI=1S/C2HNO2S/c3-1-6-2(4)5/h(H,4,5). The first kappa shape index (κ1) is 5.31. The number of nitriles is 1. The van der Waals surface area contributed by atoms with Crippen LogP contribution in [-0.2, 0) is 0 Å². The maximum atomic E-state index is 9.34. The fourth-order valence-electron chi connectivity index (χ4n) is 0.0390. The molecule has 0 aliphatic rings. The second kappa shape index (κ2) is 2.54. The molecule has 0 radical (unpaired) electrons. The molecule has 0 rings (SSSR count). The number of carbonyl (C=O) groups is 1. The van der Waals surface area contributed by atoms with Gasteiger partial charge in [0.2, 0.25) is 0 Å². The summed E-state index contributed by atoms with van der Waals surface area (Å²) in [5.74, 6) is 0. The maximum Gasteiger partial charge on any atom is 0.379 e. The van der Waals surface area contributed by atoms with Crippen LogP contribution in [0.1, 0.15) is 0 Å². The van der Waals surface area contributed by atoms with Gasteiger partial charge in [-0.2, -0.15) is 5.26 Å². The van der Waals surface area contributed by atoms with Gasteiger partial charge in [-0.25, -0.2) is 4.79 Å². The number of thiocyanates is 1. The van der Waals surface area contributed by atoms with Crippen LogP contribution in [0.5, 0.6) is 0 Å². The van der Waals surface area contributed by atoms with Crippen LogP contribution in [0.4, 0.5) is 4.79 Å². The van der Waals surface area contributed by atoms with E-state index in [9.17, 15) is 4.79 Å². The molecule has 3 nitrogen and oxygen atoms in total. The Labute approximate surface area is 38.6 Å². The van der Waals surface area contributed by atoms with Gasteiger partial charge in [-0.05, 0) is 0 Å². The predicted octanol–water partition coefficient (Wildman–Crippen LogP) is 0.879. The van der Waals surface area contributed by atoms with Crippen LogP contribution in [-0.4, -0.2) is 10.4 Å². The topological polar surface area (TPSA) is 61.1 Å². The zero-order valence-electron chi connectivity index (χ0n) is 2.71. The summed E-state index contributed by atoms with van der Waals surface area (Å²) in [6.07, 6.45) is 0. The van der Waals surface area contributed by atoms with Crippen molar-refractivity contribution in [2.24, 2.45) is 0 Å². The van der Waals surface area contributed by atoms with E-state index >= 15 is 0 Å². The Morgan fingerprint density at radius 2 is 2.50 bits per heavy atom. The van der Waals surface area contributed by atoms with Crippen LogP contribution < -0.4 is 0 Å². The highest BCUT2D eigenvalue weighted by atomic mass is 32.2. The average molecular weight is 103 g/mol. The highest BCUT2D eigenvalue weighted by Crippen LogP contribution is 1.93. The third kappa shape index (κ3) is 3.31. The van der Waals surface area contributed by atoms with Crippen molar-refractivity contribution in [2.75, 3.05) is 0 Å². The average Bonchev–Trinajstić information content (AvgIpc) is 1.35. The number of hydrogen-bond acceptors (Lipinski definition) is 3. The predicted molar refractivity (Wildman–Crippen MR) is 21.2 cm³/mol. The molecule has 0 saturated heterocycles. The van der Waals surface area contributed by atoms with E-state index in [-0.39, 0.29) is 11.8 Å². The van der Waals surface area contributed by atoms with E-state index in [1.54, 1.807) is 0 Å². The monoisotopic (exact) mass is 103 g/mol. The van der Waals surface area contributed by atoms with Crippen molar-refractivity contribution < 1.29 is 9.90 Å². The fourth-order valence-corrected chi connectivity index (χ4v) is 0.117. The second-order valence-corrected chi connectivity index (χ2v) is 1.20. The van der Waals surface area contributed by atoms with Crippen LogP contribution in [0.2, 0.25) is 0 Å². The Balaban J connectivity index is 3.13. The third-order valence-corrected chi connectivity index (χ3v) is 0.399. The van der Waals surface area contributed by atoms with Crippen LogP contribution in [0.3, 0.4) is 0 Å². The minimum Gasteiger partial charge on any atom is -0.472 e. The molecular formula is C2HNO2S. The molecule has 1 N–H and O–H groups in total. The Morgan fingerprint density at radius 1 is 2.00 bits per heavy atom. The van der Waals surface area contributed by atoms with Gasteiger partial charge in [0.1, 0.15) is 5.40 Å². The first-order valence-corrected chi connectivity index (χ1v) is 1.88. The molecule has 0 aromatic carbocycles. The van der Waals surface area contributed by atoms with Gasteiger partial charge in [0, 0.05) is 0 Å². The summed E-state index contributed by atoms with van der Waals surface area (Å²) in [6.45, 7) is 0. The summed E-state index contributed by atoms with van der Waals surface area (Å²) in [6, 6.07) is 0. The summed E-state index contributed by atoms with van der Waals surface area (Å²) < 4.78 is 0. The molecule has 0 aliphatic heterocycles. The lowest BCUT2D eigenvalue weighted by Crippen LogP contribution is -1.75. The van der Waals surface area contributed by atoms with Crippen LogP contribution in [0.15, 0.2) is 0 Å². The minimum absolute atomic E-state index is 0.208. The van der Waals surface area contributed by atoms with Crippen molar-refractivity contribution >= 4 is 17.1 Å². The van der Waals surface area contributed by atoms with E-state index < -0.39 is 5.30 Å². The van der Waals surface area contributed by atoms with E-state index in [1.807, 2.05) is 0 Å². The summed E-state index contributed by atoms with van der Waals surface area (Å²) in [7, 11) is 0. The number of carboxylic acid groups (broad SMARTS) is 1. The van der Waals surface area contributed by atoms with Crippen molar-refractivity contribution in [3.8, 4) is 5.40 Å².